The zero-order chi connectivity index (χ0) is 24.2. The summed E-state index contributed by atoms with van der Waals surface area (Å²) >= 11 is 6.05. The third-order valence-corrected chi connectivity index (χ3v) is 4.46. The lowest BCUT2D eigenvalue weighted by Gasteiger charge is -2.15. The van der Waals surface area contributed by atoms with E-state index in [4.69, 9.17) is 36.4 Å². The fourth-order valence-corrected chi connectivity index (χ4v) is 2.85. The number of unbranched alkanes of at least 4 members (excludes halogenated alkanes) is 1. The molecule has 1 heterocycles. The Balaban J connectivity index is 0.000000890. The highest BCUT2D eigenvalue weighted by Crippen LogP contribution is 2.26. The van der Waals surface area contributed by atoms with Gasteiger partial charge in [-0.05, 0) is 44.0 Å². The van der Waals surface area contributed by atoms with Crippen LogP contribution in [0.5, 0.6) is 5.75 Å². The van der Waals surface area contributed by atoms with Crippen LogP contribution >= 0.6 is 11.6 Å². The van der Waals surface area contributed by atoms with Gasteiger partial charge in [0.2, 0.25) is 0 Å². The lowest BCUT2D eigenvalue weighted by molar-refractivity contribution is -0.742. The molecule has 0 radical (unpaired) electrons. The number of halogens is 3. The molecule has 0 bridgehead atoms. The van der Waals surface area contributed by atoms with Crippen molar-refractivity contribution in [3.63, 3.8) is 0 Å². The minimum Gasteiger partial charge on any atom is -0.492 e. The van der Waals surface area contributed by atoms with Crippen LogP contribution in [0.25, 0.3) is 11.5 Å². The second-order valence-electron chi connectivity index (χ2n) is 6.45. The molecule has 0 amide bonds. The Morgan fingerprint density at radius 1 is 1.21 bits per heavy atom. The van der Waals surface area contributed by atoms with E-state index >= 15 is 0 Å². The first-order valence-electron chi connectivity index (χ1n) is 9.64. The minimum atomic E-state index is -1.50. The van der Waals surface area contributed by atoms with Crippen molar-refractivity contribution < 1.29 is 28.5 Å². The largest absolute Gasteiger partial charge is 0.492 e. The van der Waals surface area contributed by atoms with E-state index in [9.17, 15) is 8.78 Å². The topological polar surface area (TPSA) is 113 Å². The maximum atomic E-state index is 14.3. The van der Waals surface area contributed by atoms with E-state index in [1.54, 1.807) is 19.1 Å². The van der Waals surface area contributed by atoms with Gasteiger partial charge < -0.3 is 14.7 Å². The summed E-state index contributed by atoms with van der Waals surface area (Å²) in [4.78, 5) is 12.3. The summed E-state index contributed by atoms with van der Waals surface area (Å²) in [6.45, 7) is 2.52. The Labute approximate surface area is 193 Å². The van der Waals surface area contributed by atoms with E-state index in [1.807, 2.05) is 12.1 Å². The lowest BCUT2D eigenvalue weighted by Crippen LogP contribution is -2.06. The average Bonchev–Trinajstić information content (AvgIpc) is 3.29. The quantitative estimate of drug-likeness (QED) is 0.196. The molecule has 9 nitrogen and oxygen atoms in total. The summed E-state index contributed by atoms with van der Waals surface area (Å²) in [5, 5.41) is 18.2. The second kappa shape index (κ2) is 13.0. The summed E-state index contributed by atoms with van der Waals surface area (Å²) in [7, 11) is 0. The third kappa shape index (κ3) is 8.37. The molecular formula is C21H21ClF2N4O5. The number of benzene rings is 2. The Morgan fingerprint density at radius 3 is 2.55 bits per heavy atom. The monoisotopic (exact) mass is 482 g/mol. The molecule has 0 saturated carbocycles. The predicted molar refractivity (Wildman–Crippen MR) is 116 cm³/mol. The fraction of sp³-hybridized carbons (Fsp3) is 0.238. The molecule has 1 N–H and O–H groups in total. The van der Waals surface area contributed by atoms with Gasteiger partial charge in [-0.25, -0.2) is 18.4 Å². The molecule has 1 aromatic heterocycles. The van der Waals surface area contributed by atoms with E-state index in [0.717, 1.165) is 6.07 Å². The van der Waals surface area contributed by atoms with Crippen LogP contribution in [-0.2, 0) is 4.74 Å². The van der Waals surface area contributed by atoms with Crippen molar-refractivity contribution in [2.24, 2.45) is 0 Å². The molecule has 0 aliphatic carbocycles. The SMILES string of the molecule is C/C(=C(/OCCCCOc1ccccc1Cl)c1ccc(F)cc1F)n1cncn1.O=[N+]([O-])O. The van der Waals surface area contributed by atoms with Gasteiger partial charge in [-0.1, -0.05) is 23.7 Å². The standard InChI is InChI=1S/C21H20ClF2N3O2.HNO3/c1-15(27-14-25-13-26-27)21(17-9-8-16(23)12-19(17)24)29-11-5-4-10-28-20-7-3-2-6-18(20)22;2-1(3)4/h2-3,6-9,12-14H,4-5,10-11H2,1H3;(H,2,3,4)/b21-15-;. The van der Waals surface area contributed by atoms with Gasteiger partial charge in [-0.3, -0.25) is 0 Å². The van der Waals surface area contributed by atoms with E-state index in [1.165, 1.54) is 29.5 Å². The van der Waals surface area contributed by atoms with Gasteiger partial charge >= 0.3 is 0 Å². The van der Waals surface area contributed by atoms with Gasteiger partial charge in [-0.2, -0.15) is 5.10 Å². The molecule has 0 atom stereocenters. The summed E-state index contributed by atoms with van der Waals surface area (Å²) in [6.07, 6.45) is 4.24. The minimum absolute atomic E-state index is 0.159. The maximum Gasteiger partial charge on any atom is 0.291 e. The van der Waals surface area contributed by atoms with E-state index in [-0.39, 0.29) is 11.3 Å². The molecule has 0 unspecified atom stereocenters. The molecular weight excluding hydrogens is 462 g/mol. The zero-order valence-electron chi connectivity index (χ0n) is 17.5. The van der Waals surface area contributed by atoms with Crippen LogP contribution in [0.4, 0.5) is 8.78 Å². The Morgan fingerprint density at radius 2 is 1.91 bits per heavy atom. The molecule has 33 heavy (non-hydrogen) atoms. The molecule has 0 spiro atoms. The maximum absolute atomic E-state index is 14.3. The van der Waals surface area contributed by atoms with Crippen LogP contribution in [0.15, 0.2) is 55.1 Å². The number of hydrogen-bond donors (Lipinski definition) is 1. The molecule has 0 saturated heterocycles. The van der Waals surface area contributed by atoms with Gasteiger partial charge in [0, 0.05) is 6.07 Å². The first-order valence-corrected chi connectivity index (χ1v) is 10.0. The van der Waals surface area contributed by atoms with Crippen molar-refractivity contribution in [1.82, 2.24) is 14.8 Å². The normalized spacial score (nSPS) is 11.2. The lowest BCUT2D eigenvalue weighted by atomic mass is 10.1. The van der Waals surface area contributed by atoms with Crippen molar-refractivity contribution in [1.29, 1.82) is 0 Å². The molecule has 0 aliphatic heterocycles. The van der Waals surface area contributed by atoms with Crippen LogP contribution in [0.2, 0.25) is 5.02 Å². The highest BCUT2D eigenvalue weighted by Gasteiger charge is 2.15. The Hall–Kier alpha value is -3.73. The van der Waals surface area contributed by atoms with Gasteiger partial charge in [0.15, 0.2) is 5.76 Å². The predicted octanol–water partition coefficient (Wildman–Crippen LogP) is 5.08. The molecule has 3 aromatic rings. The molecule has 176 valence electrons. The van der Waals surface area contributed by atoms with Crippen LogP contribution < -0.4 is 4.74 Å². The van der Waals surface area contributed by atoms with Crippen molar-refractivity contribution in [2.45, 2.75) is 19.8 Å². The summed E-state index contributed by atoms with van der Waals surface area (Å²) in [5.41, 5.74) is 0.701. The fourth-order valence-electron chi connectivity index (χ4n) is 2.66. The van der Waals surface area contributed by atoms with E-state index < -0.39 is 16.7 Å². The number of para-hydroxylation sites is 1. The van der Waals surface area contributed by atoms with E-state index in [2.05, 4.69) is 10.1 Å². The van der Waals surface area contributed by atoms with Crippen molar-refractivity contribution in [3.05, 3.63) is 87.5 Å². The summed E-state index contributed by atoms with van der Waals surface area (Å²) < 4.78 is 40.6. The summed E-state index contributed by atoms with van der Waals surface area (Å²) in [6, 6.07) is 10.6. The number of nitrogens with zero attached hydrogens (tertiary/aromatic N) is 4. The molecule has 0 fully saturated rings. The second-order valence-corrected chi connectivity index (χ2v) is 6.86. The van der Waals surface area contributed by atoms with Gasteiger partial charge in [0.05, 0.1) is 29.5 Å². The Kier molecular flexibility index (Phi) is 10.0. The number of hydrogen-bond acceptors (Lipinski definition) is 6. The number of aromatic nitrogens is 3. The highest BCUT2D eigenvalue weighted by atomic mass is 35.5. The Bertz CT molecular complexity index is 1080. The van der Waals surface area contributed by atoms with Crippen LogP contribution in [-0.4, -0.2) is 38.3 Å². The molecule has 0 aliphatic rings. The number of ether oxygens (including phenoxy) is 2. The smallest absolute Gasteiger partial charge is 0.291 e. The highest BCUT2D eigenvalue weighted by molar-refractivity contribution is 6.32. The molecule has 3 rings (SSSR count). The zero-order valence-corrected chi connectivity index (χ0v) is 18.3. The molecule has 2 aromatic carbocycles. The van der Waals surface area contributed by atoms with Crippen LogP contribution in [0.1, 0.15) is 25.3 Å². The van der Waals surface area contributed by atoms with Gasteiger partial charge in [-0.15, -0.1) is 10.1 Å². The first kappa shape index (κ1) is 25.5. The first-order chi connectivity index (χ1) is 15.8. The molecule has 12 heteroatoms. The van der Waals surface area contributed by atoms with Crippen molar-refractivity contribution >= 4 is 23.1 Å². The van der Waals surface area contributed by atoms with E-state index in [0.29, 0.717) is 42.5 Å². The van der Waals surface area contributed by atoms with Crippen molar-refractivity contribution in [3.8, 4) is 5.75 Å². The summed E-state index contributed by atoms with van der Waals surface area (Å²) in [5.74, 6) is -0.451. The average molecular weight is 483 g/mol. The van der Waals surface area contributed by atoms with Crippen LogP contribution in [0.3, 0.4) is 0 Å². The van der Waals surface area contributed by atoms with Gasteiger partial charge in [0.1, 0.15) is 30.0 Å². The van der Waals surface area contributed by atoms with Gasteiger partial charge in [0.25, 0.3) is 5.09 Å². The number of rotatable bonds is 9. The van der Waals surface area contributed by atoms with Crippen LogP contribution in [0, 0.1) is 21.7 Å². The number of allylic oxidation sites excluding steroid dienone is 1. The third-order valence-electron chi connectivity index (χ3n) is 4.15. The van der Waals surface area contributed by atoms with Crippen molar-refractivity contribution in [2.75, 3.05) is 13.2 Å².